The Balaban J connectivity index is 2.29. The molecule has 1 aromatic heterocycles. The molecule has 2 aromatic rings. The second kappa shape index (κ2) is 6.45. The summed E-state index contributed by atoms with van der Waals surface area (Å²) in [5, 5.41) is 9.75. The van der Waals surface area contributed by atoms with Crippen LogP contribution < -0.4 is 0 Å². The van der Waals surface area contributed by atoms with Crippen molar-refractivity contribution in [2.24, 2.45) is 0 Å². The zero-order valence-corrected chi connectivity index (χ0v) is 14.1. The fraction of sp³-hybridized carbons (Fsp3) is 0.312. The molecule has 7 heteroatoms. The summed E-state index contributed by atoms with van der Waals surface area (Å²) in [4.78, 5) is 30.0. The van der Waals surface area contributed by atoms with E-state index in [1.807, 2.05) is 20.8 Å². The molecule has 23 heavy (non-hydrogen) atoms. The second-order valence-electron chi connectivity index (χ2n) is 5.27. The van der Waals surface area contributed by atoms with Gasteiger partial charge in [-0.3, -0.25) is 4.79 Å². The summed E-state index contributed by atoms with van der Waals surface area (Å²) in [5.41, 5.74) is 0.508. The van der Waals surface area contributed by atoms with Crippen molar-refractivity contribution in [2.75, 3.05) is 7.05 Å². The zero-order chi connectivity index (χ0) is 17.3. The lowest BCUT2D eigenvalue weighted by Crippen LogP contribution is -2.30. The van der Waals surface area contributed by atoms with Gasteiger partial charge in [0.2, 0.25) is 0 Å². The first-order valence-electron chi connectivity index (χ1n) is 6.96. The number of benzene rings is 1. The number of carboxylic acid groups (broad SMARTS) is 1. The summed E-state index contributed by atoms with van der Waals surface area (Å²) in [7, 11) is 1.59. The summed E-state index contributed by atoms with van der Waals surface area (Å²) >= 11 is 1.50. The Bertz CT molecular complexity index is 773. The number of hydrogen-bond acceptors (Lipinski definition) is 4. The van der Waals surface area contributed by atoms with Gasteiger partial charge in [-0.15, -0.1) is 11.3 Å². The van der Waals surface area contributed by atoms with Gasteiger partial charge in [0.25, 0.3) is 5.91 Å². The normalized spacial score (nSPS) is 12.0. The molecule has 0 aliphatic carbocycles. The van der Waals surface area contributed by atoms with Gasteiger partial charge < -0.3 is 10.0 Å². The van der Waals surface area contributed by atoms with E-state index in [2.05, 4.69) is 4.98 Å². The minimum atomic E-state index is -1.24. The molecule has 0 aliphatic rings. The number of halogens is 1. The van der Waals surface area contributed by atoms with Crippen LogP contribution in [0.4, 0.5) is 4.39 Å². The van der Waals surface area contributed by atoms with Gasteiger partial charge in [0.15, 0.2) is 0 Å². The summed E-state index contributed by atoms with van der Waals surface area (Å²) < 4.78 is 14.0. The van der Waals surface area contributed by atoms with Crippen molar-refractivity contribution in [1.29, 1.82) is 0 Å². The van der Waals surface area contributed by atoms with Crippen molar-refractivity contribution in [3.05, 3.63) is 50.7 Å². The average Bonchev–Trinajstić information content (AvgIpc) is 2.83. The molecule has 0 spiro atoms. The Hall–Kier alpha value is -2.28. The van der Waals surface area contributed by atoms with Crippen LogP contribution in [0.1, 0.15) is 49.3 Å². The zero-order valence-electron chi connectivity index (χ0n) is 13.3. The van der Waals surface area contributed by atoms with Gasteiger partial charge >= 0.3 is 5.97 Å². The molecule has 0 bridgehead atoms. The third-order valence-electron chi connectivity index (χ3n) is 3.67. The van der Waals surface area contributed by atoms with Crippen molar-refractivity contribution in [1.82, 2.24) is 9.88 Å². The van der Waals surface area contributed by atoms with Crippen molar-refractivity contribution < 1.29 is 19.1 Å². The fourth-order valence-corrected chi connectivity index (χ4v) is 3.32. The maximum Gasteiger partial charge on any atom is 0.335 e. The molecule has 1 heterocycles. The Kier molecular flexibility index (Phi) is 4.79. The molecule has 1 unspecified atom stereocenters. The van der Waals surface area contributed by atoms with E-state index in [1.54, 1.807) is 7.05 Å². The molecule has 0 radical (unpaired) electrons. The third kappa shape index (κ3) is 3.39. The van der Waals surface area contributed by atoms with E-state index in [0.717, 1.165) is 21.6 Å². The van der Waals surface area contributed by atoms with E-state index in [4.69, 9.17) is 5.11 Å². The topological polar surface area (TPSA) is 70.5 Å². The van der Waals surface area contributed by atoms with Crippen LogP contribution in [0.3, 0.4) is 0 Å². The first-order chi connectivity index (χ1) is 10.7. The largest absolute Gasteiger partial charge is 0.478 e. The van der Waals surface area contributed by atoms with Crippen LogP contribution in [0.25, 0.3) is 0 Å². The second-order valence-corrected chi connectivity index (χ2v) is 6.51. The van der Waals surface area contributed by atoms with Crippen LogP contribution >= 0.6 is 11.3 Å². The van der Waals surface area contributed by atoms with Crippen LogP contribution in [0.5, 0.6) is 0 Å². The highest BCUT2D eigenvalue weighted by Crippen LogP contribution is 2.29. The van der Waals surface area contributed by atoms with Crippen LogP contribution in [-0.4, -0.2) is 33.9 Å². The molecule has 1 aromatic carbocycles. The molecule has 0 aliphatic heterocycles. The van der Waals surface area contributed by atoms with Crippen molar-refractivity contribution in [2.45, 2.75) is 26.8 Å². The van der Waals surface area contributed by atoms with Crippen molar-refractivity contribution in [3.63, 3.8) is 0 Å². The number of carbonyl (C=O) groups excluding carboxylic acids is 1. The molecular formula is C16H17FN2O3S. The Morgan fingerprint density at radius 1 is 1.35 bits per heavy atom. The van der Waals surface area contributed by atoms with Gasteiger partial charge in [-0.1, -0.05) is 0 Å². The van der Waals surface area contributed by atoms with Crippen LogP contribution in [0.2, 0.25) is 0 Å². The predicted octanol–water partition coefficient (Wildman–Crippen LogP) is 3.43. The van der Waals surface area contributed by atoms with Gasteiger partial charge in [-0.25, -0.2) is 14.2 Å². The summed E-state index contributed by atoms with van der Waals surface area (Å²) in [6, 6.07) is 3.03. The number of aromatic nitrogens is 1. The maximum atomic E-state index is 14.0. The molecule has 5 nitrogen and oxygen atoms in total. The first kappa shape index (κ1) is 17.1. The number of rotatable bonds is 4. The summed E-state index contributed by atoms with van der Waals surface area (Å²) in [6.07, 6.45) is 0. The number of carboxylic acids is 1. The number of nitrogens with zero attached hydrogens (tertiary/aromatic N) is 2. The van der Waals surface area contributed by atoms with E-state index in [0.29, 0.717) is 0 Å². The lowest BCUT2D eigenvalue weighted by Gasteiger charge is -2.24. The lowest BCUT2D eigenvalue weighted by atomic mass is 10.1. The Labute approximate surface area is 137 Å². The smallest absolute Gasteiger partial charge is 0.335 e. The molecule has 1 atom stereocenters. The first-order valence-corrected chi connectivity index (χ1v) is 7.78. The molecule has 2 rings (SSSR count). The summed E-state index contributed by atoms with van der Waals surface area (Å²) in [5.74, 6) is -2.58. The highest BCUT2D eigenvalue weighted by atomic mass is 32.1. The Morgan fingerprint density at radius 2 is 2.00 bits per heavy atom. The predicted molar refractivity (Wildman–Crippen MR) is 85.5 cm³/mol. The lowest BCUT2D eigenvalue weighted by molar-refractivity contribution is 0.0691. The fourth-order valence-electron chi connectivity index (χ4n) is 2.30. The van der Waals surface area contributed by atoms with E-state index in [9.17, 15) is 14.0 Å². The molecule has 1 N–H and O–H groups in total. The number of hydrogen-bond donors (Lipinski definition) is 1. The highest BCUT2D eigenvalue weighted by molar-refractivity contribution is 7.11. The number of aryl methyl sites for hydroxylation is 2. The van der Waals surface area contributed by atoms with E-state index in [1.165, 1.54) is 28.4 Å². The molecule has 1 amide bonds. The van der Waals surface area contributed by atoms with Crippen LogP contribution in [0.15, 0.2) is 18.2 Å². The standard InChI is InChI=1S/C16H17FN2O3S/c1-8-14(23-10(3)18-8)9(2)19(4)15(20)12-6-5-11(16(21)22)7-13(12)17/h5-7,9H,1-4H3,(H,21,22). The number of thiazole rings is 1. The van der Waals surface area contributed by atoms with Gasteiger partial charge in [0.1, 0.15) is 5.82 Å². The molecule has 0 saturated carbocycles. The van der Waals surface area contributed by atoms with E-state index < -0.39 is 17.7 Å². The third-order valence-corrected chi connectivity index (χ3v) is 4.91. The number of aromatic carboxylic acids is 1. The Morgan fingerprint density at radius 3 is 2.48 bits per heavy atom. The van der Waals surface area contributed by atoms with E-state index in [-0.39, 0.29) is 17.2 Å². The maximum absolute atomic E-state index is 14.0. The monoisotopic (exact) mass is 336 g/mol. The van der Waals surface area contributed by atoms with Crippen LogP contribution in [-0.2, 0) is 0 Å². The quantitative estimate of drug-likeness (QED) is 0.928. The summed E-state index contributed by atoms with van der Waals surface area (Å²) in [6.45, 7) is 5.61. The highest BCUT2D eigenvalue weighted by Gasteiger charge is 2.24. The number of amides is 1. The number of carbonyl (C=O) groups is 2. The SMILES string of the molecule is Cc1nc(C)c(C(C)N(C)C(=O)c2ccc(C(=O)O)cc2F)s1. The van der Waals surface area contributed by atoms with Gasteiger partial charge in [0.05, 0.1) is 27.9 Å². The average molecular weight is 336 g/mol. The van der Waals surface area contributed by atoms with Gasteiger partial charge in [-0.2, -0.15) is 0 Å². The molecule has 0 saturated heterocycles. The minimum absolute atomic E-state index is 0.150. The van der Waals surface area contributed by atoms with Crippen molar-refractivity contribution in [3.8, 4) is 0 Å². The van der Waals surface area contributed by atoms with E-state index >= 15 is 0 Å². The van der Waals surface area contributed by atoms with Gasteiger partial charge in [0, 0.05) is 11.9 Å². The van der Waals surface area contributed by atoms with Crippen LogP contribution in [0, 0.1) is 19.7 Å². The molecule has 122 valence electrons. The minimum Gasteiger partial charge on any atom is -0.478 e. The van der Waals surface area contributed by atoms with Gasteiger partial charge in [-0.05, 0) is 39.0 Å². The molecule has 0 fully saturated rings. The van der Waals surface area contributed by atoms with Crippen molar-refractivity contribution >= 4 is 23.2 Å². The molecular weight excluding hydrogens is 319 g/mol.